The van der Waals surface area contributed by atoms with Gasteiger partial charge in [-0.2, -0.15) is 0 Å². The summed E-state index contributed by atoms with van der Waals surface area (Å²) in [4.78, 5) is 8.22. The zero-order valence-electron chi connectivity index (χ0n) is 10.9. The summed E-state index contributed by atoms with van der Waals surface area (Å²) in [5, 5.41) is 6.30. The lowest BCUT2D eigenvalue weighted by molar-refractivity contribution is 0.326. The Balaban J connectivity index is 2.51. The fraction of sp³-hybridized carbons (Fsp3) is 0.385. The Morgan fingerprint density at radius 3 is 3.06 bits per heavy atom. The van der Waals surface area contributed by atoms with E-state index < -0.39 is 0 Å². The minimum Gasteiger partial charge on any atom is -0.478 e. The number of hydrogen-bond acceptors (Lipinski definition) is 3. The van der Waals surface area contributed by atoms with Crippen molar-refractivity contribution in [2.24, 2.45) is 4.99 Å². The van der Waals surface area contributed by atoms with E-state index in [4.69, 9.17) is 4.74 Å². The van der Waals surface area contributed by atoms with Crippen LogP contribution in [0, 0.1) is 0 Å². The fourth-order valence-electron chi connectivity index (χ4n) is 1.36. The smallest absolute Gasteiger partial charge is 0.213 e. The summed E-state index contributed by atoms with van der Waals surface area (Å²) in [6.45, 7) is 7.55. The number of ether oxygens (including phenoxy) is 1. The van der Waals surface area contributed by atoms with Gasteiger partial charge in [-0.3, -0.25) is 4.99 Å². The Kier molecular flexibility index (Phi) is 6.32. The monoisotopic (exact) mass is 248 g/mol. The first-order valence-electron chi connectivity index (χ1n) is 5.93. The van der Waals surface area contributed by atoms with Gasteiger partial charge in [0.15, 0.2) is 5.96 Å². The summed E-state index contributed by atoms with van der Waals surface area (Å²) < 4.78 is 5.35. The summed E-state index contributed by atoms with van der Waals surface area (Å²) in [5.41, 5.74) is 1.09. The molecule has 0 aliphatic carbocycles. The van der Waals surface area contributed by atoms with E-state index in [1.807, 2.05) is 19.1 Å². The third-order valence-electron chi connectivity index (χ3n) is 2.19. The molecule has 0 spiro atoms. The van der Waals surface area contributed by atoms with Crippen molar-refractivity contribution in [2.75, 3.05) is 20.2 Å². The van der Waals surface area contributed by atoms with E-state index in [1.54, 1.807) is 19.3 Å². The largest absolute Gasteiger partial charge is 0.478 e. The van der Waals surface area contributed by atoms with Gasteiger partial charge >= 0.3 is 0 Å². The third kappa shape index (κ3) is 4.86. The molecule has 1 aromatic heterocycles. The Hall–Kier alpha value is -2.04. The van der Waals surface area contributed by atoms with Crippen LogP contribution in [0.15, 0.2) is 36.0 Å². The van der Waals surface area contributed by atoms with E-state index in [0.717, 1.165) is 11.5 Å². The first-order chi connectivity index (χ1) is 8.80. The maximum absolute atomic E-state index is 5.35. The second-order valence-electron chi connectivity index (χ2n) is 3.53. The van der Waals surface area contributed by atoms with Gasteiger partial charge in [0.2, 0.25) is 5.88 Å². The van der Waals surface area contributed by atoms with Crippen molar-refractivity contribution >= 4 is 5.96 Å². The molecule has 0 saturated heterocycles. The highest BCUT2D eigenvalue weighted by atomic mass is 16.5. The quantitative estimate of drug-likeness (QED) is 0.453. The average molecular weight is 248 g/mol. The molecule has 98 valence electrons. The maximum atomic E-state index is 5.35. The molecule has 0 amide bonds. The van der Waals surface area contributed by atoms with Crippen molar-refractivity contribution in [2.45, 2.75) is 13.5 Å². The standard InChI is InChI=1S/C13H20N4O/c1-4-7-16-13(14-3)17-10-11-6-8-15-12(9-11)18-5-2/h4,6,8-9H,1,5,7,10H2,2-3H3,(H2,14,16,17). The van der Waals surface area contributed by atoms with Gasteiger partial charge in [0.05, 0.1) is 6.61 Å². The lowest BCUT2D eigenvalue weighted by Crippen LogP contribution is -2.36. The van der Waals surface area contributed by atoms with E-state index in [0.29, 0.717) is 25.6 Å². The van der Waals surface area contributed by atoms with Crippen molar-refractivity contribution in [1.82, 2.24) is 15.6 Å². The minimum atomic E-state index is 0.618. The van der Waals surface area contributed by atoms with Gasteiger partial charge in [-0.15, -0.1) is 6.58 Å². The van der Waals surface area contributed by atoms with Crippen LogP contribution in [0.3, 0.4) is 0 Å². The highest BCUT2D eigenvalue weighted by Crippen LogP contribution is 2.08. The van der Waals surface area contributed by atoms with Gasteiger partial charge in [-0.05, 0) is 18.6 Å². The van der Waals surface area contributed by atoms with Gasteiger partial charge in [-0.1, -0.05) is 6.08 Å². The van der Waals surface area contributed by atoms with E-state index in [-0.39, 0.29) is 0 Å². The molecule has 0 bridgehead atoms. The van der Waals surface area contributed by atoms with Gasteiger partial charge in [0.25, 0.3) is 0 Å². The number of pyridine rings is 1. The van der Waals surface area contributed by atoms with Gasteiger partial charge < -0.3 is 15.4 Å². The molecular formula is C13H20N4O. The Morgan fingerprint density at radius 2 is 2.39 bits per heavy atom. The number of nitrogens with one attached hydrogen (secondary N) is 2. The summed E-state index contributed by atoms with van der Waals surface area (Å²) in [6, 6.07) is 3.85. The van der Waals surface area contributed by atoms with Crippen LogP contribution in [0.4, 0.5) is 0 Å². The lowest BCUT2D eigenvalue weighted by atomic mass is 10.2. The first kappa shape index (κ1) is 14.0. The fourth-order valence-corrected chi connectivity index (χ4v) is 1.36. The van der Waals surface area contributed by atoms with Crippen LogP contribution in [0.5, 0.6) is 5.88 Å². The molecule has 18 heavy (non-hydrogen) atoms. The molecule has 0 radical (unpaired) electrons. The summed E-state index contributed by atoms with van der Waals surface area (Å²) in [7, 11) is 1.73. The van der Waals surface area contributed by atoms with E-state index in [2.05, 4.69) is 27.2 Å². The van der Waals surface area contributed by atoms with Crippen molar-refractivity contribution < 1.29 is 4.74 Å². The zero-order valence-corrected chi connectivity index (χ0v) is 10.9. The second kappa shape index (κ2) is 8.11. The van der Waals surface area contributed by atoms with Crippen molar-refractivity contribution in [3.63, 3.8) is 0 Å². The van der Waals surface area contributed by atoms with Crippen molar-refractivity contribution in [1.29, 1.82) is 0 Å². The van der Waals surface area contributed by atoms with Gasteiger partial charge in [0, 0.05) is 32.4 Å². The third-order valence-corrected chi connectivity index (χ3v) is 2.19. The van der Waals surface area contributed by atoms with E-state index in [1.165, 1.54) is 0 Å². The number of rotatable bonds is 6. The molecular weight excluding hydrogens is 228 g/mol. The van der Waals surface area contributed by atoms with Crippen LogP contribution in [0.25, 0.3) is 0 Å². The molecule has 0 aliphatic heterocycles. The van der Waals surface area contributed by atoms with Crippen molar-refractivity contribution in [3.8, 4) is 5.88 Å². The molecule has 0 saturated carbocycles. The molecule has 0 atom stereocenters. The lowest BCUT2D eigenvalue weighted by Gasteiger charge is -2.11. The van der Waals surface area contributed by atoms with Crippen LogP contribution in [0.2, 0.25) is 0 Å². The molecule has 1 rings (SSSR count). The predicted molar refractivity (Wildman–Crippen MR) is 73.8 cm³/mol. The minimum absolute atomic E-state index is 0.618. The molecule has 5 heteroatoms. The van der Waals surface area contributed by atoms with Crippen LogP contribution in [0.1, 0.15) is 12.5 Å². The number of aromatic nitrogens is 1. The van der Waals surface area contributed by atoms with Crippen LogP contribution < -0.4 is 15.4 Å². The molecule has 0 unspecified atom stereocenters. The Morgan fingerprint density at radius 1 is 1.56 bits per heavy atom. The van der Waals surface area contributed by atoms with Gasteiger partial charge in [0.1, 0.15) is 0 Å². The topological polar surface area (TPSA) is 58.5 Å². The Bertz CT molecular complexity index is 404. The van der Waals surface area contributed by atoms with Crippen LogP contribution in [-0.4, -0.2) is 31.1 Å². The SMILES string of the molecule is C=CCNC(=NC)NCc1ccnc(OCC)c1. The van der Waals surface area contributed by atoms with Crippen LogP contribution in [-0.2, 0) is 6.54 Å². The highest BCUT2D eigenvalue weighted by Gasteiger charge is 1.99. The van der Waals surface area contributed by atoms with Crippen molar-refractivity contribution in [3.05, 3.63) is 36.5 Å². The zero-order chi connectivity index (χ0) is 13.2. The number of nitrogens with zero attached hydrogens (tertiary/aromatic N) is 2. The predicted octanol–water partition coefficient (Wildman–Crippen LogP) is 1.33. The average Bonchev–Trinajstić information content (AvgIpc) is 2.40. The second-order valence-corrected chi connectivity index (χ2v) is 3.53. The van der Waals surface area contributed by atoms with Gasteiger partial charge in [-0.25, -0.2) is 4.98 Å². The molecule has 1 heterocycles. The van der Waals surface area contributed by atoms with E-state index in [9.17, 15) is 0 Å². The summed E-state index contributed by atoms with van der Waals surface area (Å²) >= 11 is 0. The normalized spacial score (nSPS) is 10.9. The summed E-state index contributed by atoms with van der Waals surface area (Å²) in [6.07, 6.45) is 3.52. The maximum Gasteiger partial charge on any atom is 0.213 e. The first-order valence-corrected chi connectivity index (χ1v) is 5.93. The molecule has 0 aliphatic rings. The number of aliphatic imine (C=N–C) groups is 1. The summed E-state index contributed by atoms with van der Waals surface area (Å²) in [5.74, 6) is 1.38. The number of guanidine groups is 1. The molecule has 0 aromatic carbocycles. The molecule has 5 nitrogen and oxygen atoms in total. The Labute approximate surface area is 108 Å². The van der Waals surface area contributed by atoms with Crippen LogP contribution >= 0.6 is 0 Å². The molecule has 2 N–H and O–H groups in total. The molecule has 0 fully saturated rings. The van der Waals surface area contributed by atoms with E-state index >= 15 is 0 Å². The number of hydrogen-bond donors (Lipinski definition) is 2. The highest BCUT2D eigenvalue weighted by molar-refractivity contribution is 5.79. The molecule has 1 aromatic rings.